The number of Topliss-reactive ketones (excluding diaryl/α,β-unsaturated/α-hetero) is 1. The van der Waals surface area contributed by atoms with Crippen molar-refractivity contribution in [1.29, 1.82) is 0 Å². The molecule has 5 N–H and O–H groups in total. The minimum absolute atomic E-state index is 0.00988. The molecule has 5 rings (SSSR count). The van der Waals surface area contributed by atoms with Gasteiger partial charge in [-0.15, -0.1) is 0 Å². The van der Waals surface area contributed by atoms with E-state index in [0.29, 0.717) is 31.8 Å². The van der Waals surface area contributed by atoms with Gasteiger partial charge in [0.05, 0.1) is 12.6 Å². The fraction of sp³-hybridized carbons (Fsp3) is 0.684. The van der Waals surface area contributed by atoms with E-state index in [0.717, 1.165) is 37.7 Å². The van der Waals surface area contributed by atoms with E-state index in [4.69, 9.17) is 10.5 Å². The average molecular weight is 709 g/mol. The van der Waals surface area contributed by atoms with Gasteiger partial charge in [0, 0.05) is 37.9 Å². The minimum atomic E-state index is -1.08. The molecule has 13 heteroatoms. The highest BCUT2D eigenvalue weighted by molar-refractivity contribution is 5.95. The molecule has 1 aromatic rings. The Balaban J connectivity index is 1.33. The number of rotatable bonds is 13. The summed E-state index contributed by atoms with van der Waals surface area (Å²) in [7, 11) is 0. The van der Waals surface area contributed by atoms with Crippen molar-refractivity contribution >= 4 is 35.6 Å². The number of nitrogens with two attached hydrogens (primary N) is 1. The summed E-state index contributed by atoms with van der Waals surface area (Å²) in [6.07, 6.45) is 4.77. The van der Waals surface area contributed by atoms with Crippen LogP contribution in [0.2, 0.25) is 0 Å². The van der Waals surface area contributed by atoms with E-state index in [1.54, 1.807) is 4.90 Å². The number of carbonyl (C=O) groups excluding carboxylic acids is 6. The van der Waals surface area contributed by atoms with Crippen molar-refractivity contribution in [3.63, 3.8) is 0 Å². The summed E-state index contributed by atoms with van der Waals surface area (Å²) in [5.74, 6) is -1.33. The first-order chi connectivity index (χ1) is 24.1. The van der Waals surface area contributed by atoms with Gasteiger partial charge >= 0.3 is 12.1 Å². The Bertz CT molecular complexity index is 1480. The summed E-state index contributed by atoms with van der Waals surface area (Å²) in [4.78, 5) is 83.3. The standard InChI is InChI=1S/C38H56N6O7/c1-22(2)31(32(46)25-13-14-25)41-36(49)42-33(38(3,4)5)35(48)44-21-28(51-37(50)43-16-15-24-11-6-7-12-26(24)20-43)19-29(44)34(47)40-27(18-30(39)45)17-23-9-8-10-23/h6-7,11-12,22-23,25,27-29,31,33H,8-10,13-21H2,1-5H3,(H2,39,45)(H,40,47)(H2,41,42,49)/t27?,28-,29+,31+,33-/m1/s1. The second-order valence-corrected chi connectivity index (χ2v) is 16.4. The van der Waals surface area contributed by atoms with E-state index in [9.17, 15) is 28.8 Å². The lowest BCUT2D eigenvalue weighted by molar-refractivity contribution is -0.142. The minimum Gasteiger partial charge on any atom is -0.444 e. The third kappa shape index (κ3) is 9.79. The topological polar surface area (TPSA) is 180 Å². The molecule has 1 aromatic carbocycles. The number of fused-ring (bicyclic) bond motifs is 1. The van der Waals surface area contributed by atoms with E-state index < -0.39 is 65.5 Å². The fourth-order valence-electron chi connectivity index (χ4n) is 7.42. The predicted octanol–water partition coefficient (Wildman–Crippen LogP) is 3.42. The molecule has 3 fully saturated rings. The summed E-state index contributed by atoms with van der Waals surface area (Å²) in [6.45, 7) is 9.99. The molecule has 6 amide bonds. The lowest BCUT2D eigenvalue weighted by Gasteiger charge is -2.36. The summed E-state index contributed by atoms with van der Waals surface area (Å²) < 4.78 is 5.97. The van der Waals surface area contributed by atoms with Crippen LogP contribution in [0.5, 0.6) is 0 Å². The zero-order valence-electron chi connectivity index (χ0n) is 30.7. The number of amides is 6. The third-order valence-corrected chi connectivity index (χ3v) is 10.8. The van der Waals surface area contributed by atoms with Gasteiger partial charge in [-0.1, -0.05) is 78.1 Å². The van der Waals surface area contributed by atoms with Crippen LogP contribution in [0.3, 0.4) is 0 Å². The molecule has 280 valence electrons. The number of ether oxygens (including phenoxy) is 1. The van der Waals surface area contributed by atoms with Crippen molar-refractivity contribution in [2.75, 3.05) is 13.1 Å². The van der Waals surface area contributed by atoms with E-state index in [1.807, 2.05) is 58.9 Å². The number of carbonyl (C=O) groups is 6. The third-order valence-electron chi connectivity index (χ3n) is 10.8. The van der Waals surface area contributed by atoms with E-state index in [-0.39, 0.29) is 37.0 Å². The van der Waals surface area contributed by atoms with Crippen LogP contribution in [0.25, 0.3) is 0 Å². The van der Waals surface area contributed by atoms with Gasteiger partial charge in [-0.3, -0.25) is 19.2 Å². The number of benzene rings is 1. The Kier molecular flexibility index (Phi) is 12.0. The molecular weight excluding hydrogens is 652 g/mol. The van der Waals surface area contributed by atoms with E-state index in [1.165, 1.54) is 10.5 Å². The maximum atomic E-state index is 14.5. The smallest absolute Gasteiger partial charge is 0.410 e. The first kappa shape index (κ1) is 38.1. The van der Waals surface area contributed by atoms with Gasteiger partial charge in [-0.2, -0.15) is 0 Å². The molecule has 4 aliphatic rings. The SMILES string of the molecule is CC(C)[C@H](NC(=O)N[C@H](C(=O)N1C[C@H](OC(=O)N2CCc3ccccc3C2)C[C@H]1C(=O)NC(CC(N)=O)CC1CCC1)C(C)(C)C)C(=O)C1CC1. The van der Waals surface area contributed by atoms with Crippen molar-refractivity contribution in [1.82, 2.24) is 25.8 Å². The number of hydrogen-bond acceptors (Lipinski definition) is 7. The summed E-state index contributed by atoms with van der Waals surface area (Å²) in [5, 5.41) is 8.61. The second kappa shape index (κ2) is 16.0. The fourth-order valence-corrected chi connectivity index (χ4v) is 7.42. The highest BCUT2D eigenvalue weighted by Gasteiger charge is 2.47. The van der Waals surface area contributed by atoms with Crippen LogP contribution in [0.15, 0.2) is 24.3 Å². The van der Waals surface area contributed by atoms with Crippen molar-refractivity contribution < 1.29 is 33.5 Å². The molecule has 2 aliphatic carbocycles. The largest absolute Gasteiger partial charge is 0.444 e. The molecule has 2 aliphatic heterocycles. The Morgan fingerprint density at radius 3 is 2.24 bits per heavy atom. The normalized spacial score (nSPS) is 22.2. The first-order valence-corrected chi connectivity index (χ1v) is 18.6. The molecular formula is C38H56N6O7. The van der Waals surface area contributed by atoms with Gasteiger partial charge in [0.1, 0.15) is 18.2 Å². The number of urea groups is 1. The van der Waals surface area contributed by atoms with Gasteiger partial charge < -0.3 is 36.2 Å². The molecule has 2 saturated carbocycles. The second-order valence-electron chi connectivity index (χ2n) is 16.4. The zero-order chi connectivity index (χ0) is 37.0. The summed E-state index contributed by atoms with van der Waals surface area (Å²) in [6, 6.07) is 4.00. The van der Waals surface area contributed by atoms with Crippen LogP contribution in [0.1, 0.15) is 97.1 Å². The molecule has 1 unspecified atom stereocenters. The predicted molar refractivity (Wildman–Crippen MR) is 190 cm³/mol. The molecule has 1 saturated heterocycles. The van der Waals surface area contributed by atoms with Crippen LogP contribution >= 0.6 is 0 Å². The van der Waals surface area contributed by atoms with Gasteiger partial charge in [0.15, 0.2) is 5.78 Å². The van der Waals surface area contributed by atoms with Crippen LogP contribution < -0.4 is 21.7 Å². The quantitative estimate of drug-likeness (QED) is 0.242. The van der Waals surface area contributed by atoms with E-state index >= 15 is 0 Å². The van der Waals surface area contributed by atoms with Crippen LogP contribution in [-0.4, -0.2) is 88.8 Å². The summed E-state index contributed by atoms with van der Waals surface area (Å²) >= 11 is 0. The van der Waals surface area contributed by atoms with Crippen molar-refractivity contribution in [3.05, 3.63) is 35.4 Å². The number of ketones is 1. The highest BCUT2D eigenvalue weighted by atomic mass is 16.6. The van der Waals surface area contributed by atoms with Crippen LogP contribution in [0, 0.1) is 23.2 Å². The number of likely N-dealkylation sites (tertiary alicyclic amines) is 1. The zero-order valence-corrected chi connectivity index (χ0v) is 30.7. The van der Waals surface area contributed by atoms with Crippen molar-refractivity contribution in [2.45, 2.75) is 129 Å². The summed E-state index contributed by atoms with van der Waals surface area (Å²) in [5.41, 5.74) is 6.99. The van der Waals surface area contributed by atoms with Gasteiger partial charge in [0.25, 0.3) is 0 Å². The number of hydrogen-bond donors (Lipinski definition) is 4. The highest BCUT2D eigenvalue weighted by Crippen LogP contribution is 2.33. The van der Waals surface area contributed by atoms with Crippen molar-refractivity contribution in [3.8, 4) is 0 Å². The maximum absolute atomic E-state index is 14.5. The van der Waals surface area contributed by atoms with Gasteiger partial charge in [0.2, 0.25) is 17.7 Å². The number of nitrogens with one attached hydrogen (secondary N) is 3. The molecule has 2 heterocycles. The maximum Gasteiger partial charge on any atom is 0.410 e. The first-order valence-electron chi connectivity index (χ1n) is 18.6. The Morgan fingerprint density at radius 2 is 1.65 bits per heavy atom. The molecule has 5 atom stereocenters. The lowest BCUT2D eigenvalue weighted by Crippen LogP contribution is -2.61. The van der Waals surface area contributed by atoms with Crippen molar-refractivity contribution in [2.24, 2.45) is 28.9 Å². The van der Waals surface area contributed by atoms with E-state index in [2.05, 4.69) is 16.0 Å². The number of nitrogens with zero attached hydrogens (tertiary/aromatic N) is 2. The molecule has 13 nitrogen and oxygen atoms in total. The molecule has 0 aromatic heterocycles. The average Bonchev–Trinajstić information content (AvgIpc) is 3.81. The Labute approximate surface area is 301 Å². The number of primary amides is 1. The van der Waals surface area contributed by atoms with Gasteiger partial charge in [-0.05, 0) is 54.1 Å². The molecule has 0 radical (unpaired) electrons. The monoisotopic (exact) mass is 708 g/mol. The lowest BCUT2D eigenvalue weighted by atomic mass is 9.80. The van der Waals surface area contributed by atoms with Crippen LogP contribution in [0.4, 0.5) is 9.59 Å². The molecule has 51 heavy (non-hydrogen) atoms. The Morgan fingerprint density at radius 1 is 0.961 bits per heavy atom. The molecule has 0 spiro atoms. The van der Waals surface area contributed by atoms with Gasteiger partial charge in [-0.25, -0.2) is 9.59 Å². The van der Waals surface area contributed by atoms with Crippen LogP contribution in [-0.2, 0) is 36.9 Å². The molecule has 0 bridgehead atoms. The Hall–Kier alpha value is -4.16.